The first-order valence-corrected chi connectivity index (χ1v) is 13.2. The lowest BCUT2D eigenvalue weighted by atomic mass is 10.1. The van der Waals surface area contributed by atoms with Gasteiger partial charge in [-0.05, 0) is 58.4 Å². The summed E-state index contributed by atoms with van der Waals surface area (Å²) in [6.07, 6.45) is 4.16. The van der Waals surface area contributed by atoms with Crippen molar-refractivity contribution >= 4 is 35.0 Å². The van der Waals surface area contributed by atoms with Gasteiger partial charge < -0.3 is 25.4 Å². The molecule has 0 saturated carbocycles. The Hall–Kier alpha value is -3.46. The van der Waals surface area contributed by atoms with Gasteiger partial charge in [-0.3, -0.25) is 4.99 Å². The summed E-state index contributed by atoms with van der Waals surface area (Å²) in [7, 11) is 1.57. The van der Waals surface area contributed by atoms with Gasteiger partial charge in [-0.15, -0.1) is 0 Å². The van der Waals surface area contributed by atoms with E-state index in [9.17, 15) is 9.18 Å². The molecular weight excluding hydrogens is 502 g/mol. The Kier molecular flexibility index (Phi) is 14.8. The highest BCUT2D eigenvalue weighted by atomic mass is 19.1. The summed E-state index contributed by atoms with van der Waals surface area (Å²) >= 11 is 0. The van der Waals surface area contributed by atoms with E-state index in [4.69, 9.17) is 9.47 Å². The van der Waals surface area contributed by atoms with Crippen LogP contribution in [0.25, 0.3) is 5.70 Å². The van der Waals surface area contributed by atoms with E-state index in [2.05, 4.69) is 41.4 Å². The van der Waals surface area contributed by atoms with Crippen molar-refractivity contribution in [2.45, 2.75) is 72.6 Å². The zero-order valence-corrected chi connectivity index (χ0v) is 24.3. The predicted molar refractivity (Wildman–Crippen MR) is 159 cm³/mol. The van der Waals surface area contributed by atoms with Gasteiger partial charge in [0.2, 0.25) is 0 Å². The van der Waals surface area contributed by atoms with Gasteiger partial charge in [0.1, 0.15) is 23.3 Å². The Bertz CT molecular complexity index is 1070. The fourth-order valence-electron chi connectivity index (χ4n) is 3.20. The number of carbonyl (C=O) groups excluding carboxylic acids is 1. The molecule has 0 heterocycles. The van der Waals surface area contributed by atoms with Crippen LogP contribution in [0.5, 0.6) is 5.75 Å². The third-order valence-corrected chi connectivity index (χ3v) is 5.29. The van der Waals surface area contributed by atoms with Crippen LogP contribution in [0, 0.1) is 5.82 Å². The fourth-order valence-corrected chi connectivity index (χ4v) is 3.20. The lowest BCUT2D eigenvalue weighted by molar-refractivity contribution is 0.0919. The van der Waals surface area contributed by atoms with Gasteiger partial charge in [-0.25, -0.2) is 13.6 Å². The van der Waals surface area contributed by atoms with Gasteiger partial charge in [0.05, 0.1) is 17.9 Å². The van der Waals surface area contributed by atoms with Crippen LogP contribution in [0.15, 0.2) is 48.0 Å². The summed E-state index contributed by atoms with van der Waals surface area (Å²) in [5.41, 5.74) is 0.739. The van der Waals surface area contributed by atoms with Crippen molar-refractivity contribution in [3.8, 4) is 5.75 Å². The van der Waals surface area contributed by atoms with E-state index < -0.39 is 17.5 Å². The normalized spacial score (nSPS) is 11.8. The van der Waals surface area contributed by atoms with E-state index in [1.165, 1.54) is 32.8 Å². The molecular formula is C30H44F2N4O3. The number of urea groups is 1. The van der Waals surface area contributed by atoms with E-state index in [1.54, 1.807) is 50.6 Å². The second-order valence-electron chi connectivity index (χ2n) is 9.60. The molecule has 0 aliphatic carbocycles. The van der Waals surface area contributed by atoms with E-state index in [0.29, 0.717) is 35.1 Å². The molecule has 0 aromatic heterocycles. The van der Waals surface area contributed by atoms with Crippen molar-refractivity contribution in [1.29, 1.82) is 0 Å². The van der Waals surface area contributed by atoms with Crippen molar-refractivity contribution in [2.24, 2.45) is 4.99 Å². The number of nitrogens with one attached hydrogen (secondary N) is 3. The number of hydrogen-bond donors (Lipinski definition) is 3. The van der Waals surface area contributed by atoms with Crippen molar-refractivity contribution in [2.75, 3.05) is 30.9 Å². The Morgan fingerprint density at radius 1 is 1.13 bits per heavy atom. The van der Waals surface area contributed by atoms with E-state index in [0.717, 1.165) is 0 Å². The zero-order valence-electron chi connectivity index (χ0n) is 24.3. The molecule has 3 N–H and O–H groups in total. The minimum Gasteiger partial charge on any atom is -0.488 e. The van der Waals surface area contributed by atoms with Crippen LogP contribution < -0.4 is 20.7 Å². The molecule has 0 aliphatic heterocycles. The summed E-state index contributed by atoms with van der Waals surface area (Å²) in [6, 6.07) is 9.32. The number of nitrogens with zero attached hydrogens (tertiary/aromatic N) is 1. The quantitative estimate of drug-likeness (QED) is 0.222. The number of unbranched alkanes of at least 4 members (excludes halogenated alkanes) is 1. The number of carbonyl (C=O) groups is 1. The molecule has 0 fully saturated rings. The van der Waals surface area contributed by atoms with Crippen LogP contribution >= 0.6 is 0 Å². The Labute approximate surface area is 232 Å². The van der Waals surface area contributed by atoms with Crippen LogP contribution in [0.3, 0.4) is 0 Å². The van der Waals surface area contributed by atoms with Gasteiger partial charge >= 0.3 is 6.03 Å². The lowest BCUT2D eigenvalue weighted by Gasteiger charge is -2.18. The third-order valence-electron chi connectivity index (χ3n) is 5.29. The summed E-state index contributed by atoms with van der Waals surface area (Å²) in [6.45, 7) is 15.4. The SMILES string of the molecule is C=C(Nc1ccc(NC(=O)NCCC(C)(C)F)cc1)c1c(F)cc(O[C@H](C)COC)cc1N=CC.CCCC. The van der Waals surface area contributed by atoms with E-state index >= 15 is 4.39 Å². The number of halogens is 2. The molecule has 2 rings (SSSR count). The fraction of sp³-hybridized carbons (Fsp3) is 0.467. The lowest BCUT2D eigenvalue weighted by Crippen LogP contribution is -2.32. The highest BCUT2D eigenvalue weighted by molar-refractivity contribution is 5.90. The summed E-state index contributed by atoms with van der Waals surface area (Å²) in [5.74, 6) is -0.190. The third kappa shape index (κ3) is 13.2. The molecule has 0 saturated heterocycles. The summed E-state index contributed by atoms with van der Waals surface area (Å²) in [5, 5.41) is 8.36. The van der Waals surface area contributed by atoms with Gasteiger partial charge in [0, 0.05) is 49.1 Å². The molecule has 2 aromatic carbocycles. The molecule has 1 atom stereocenters. The number of rotatable bonds is 13. The molecule has 0 radical (unpaired) electrons. The van der Waals surface area contributed by atoms with Crippen molar-refractivity contribution in [1.82, 2.24) is 5.32 Å². The molecule has 0 unspecified atom stereocenters. The molecule has 0 spiro atoms. The van der Waals surface area contributed by atoms with Gasteiger partial charge in [0.15, 0.2) is 0 Å². The van der Waals surface area contributed by atoms with Crippen LogP contribution in [0.1, 0.15) is 66.4 Å². The second-order valence-corrected chi connectivity index (χ2v) is 9.60. The first-order chi connectivity index (χ1) is 18.4. The first-order valence-electron chi connectivity index (χ1n) is 13.2. The Morgan fingerprint density at radius 2 is 1.72 bits per heavy atom. The van der Waals surface area contributed by atoms with Crippen LogP contribution in [-0.2, 0) is 4.74 Å². The molecule has 2 amide bonds. The van der Waals surface area contributed by atoms with Crippen LogP contribution in [-0.4, -0.2) is 44.3 Å². The van der Waals surface area contributed by atoms with Crippen molar-refractivity contribution < 1.29 is 23.0 Å². The summed E-state index contributed by atoms with van der Waals surface area (Å²) in [4.78, 5) is 16.2. The topological polar surface area (TPSA) is 84.0 Å². The second kappa shape index (κ2) is 17.2. The number of alkyl halides is 1. The van der Waals surface area contributed by atoms with Gasteiger partial charge in [0.25, 0.3) is 0 Å². The average Bonchev–Trinajstić information content (AvgIpc) is 2.84. The van der Waals surface area contributed by atoms with Crippen molar-refractivity contribution in [3.05, 3.63) is 54.4 Å². The number of benzene rings is 2. The molecule has 39 heavy (non-hydrogen) atoms. The Morgan fingerprint density at radius 3 is 2.23 bits per heavy atom. The number of ether oxygens (including phenoxy) is 2. The van der Waals surface area contributed by atoms with Gasteiger partial charge in [-0.2, -0.15) is 0 Å². The molecule has 7 nitrogen and oxygen atoms in total. The number of amides is 2. The number of aliphatic imine (C=N–C) groups is 1. The van der Waals surface area contributed by atoms with E-state index in [1.807, 2.05) is 6.92 Å². The highest BCUT2D eigenvalue weighted by Gasteiger charge is 2.17. The van der Waals surface area contributed by atoms with Crippen molar-refractivity contribution in [3.63, 3.8) is 0 Å². The maximum absolute atomic E-state index is 15.0. The highest BCUT2D eigenvalue weighted by Crippen LogP contribution is 2.34. The predicted octanol–water partition coefficient (Wildman–Crippen LogP) is 8.11. The zero-order chi connectivity index (χ0) is 29.4. The number of methoxy groups -OCH3 is 1. The maximum atomic E-state index is 15.0. The van der Waals surface area contributed by atoms with Crippen LogP contribution in [0.4, 0.5) is 30.6 Å². The molecule has 0 aliphatic rings. The summed E-state index contributed by atoms with van der Waals surface area (Å²) < 4.78 is 39.3. The largest absolute Gasteiger partial charge is 0.488 e. The standard InChI is InChI=1S/C26H34F2N4O3.C4H10/c1-7-29-23-15-21(35-17(2)16-34-6)14-22(27)24(23)18(3)31-19-8-10-20(11-9-19)32-25(33)30-13-12-26(4,5)28;1-3-4-2/h7-11,14-15,17,31H,3,12-13,16H2,1-2,4-6H3,(H2,30,32,33);3-4H2,1-2H3/t17-;/m1./s1. The molecule has 0 bridgehead atoms. The van der Waals surface area contributed by atoms with Crippen LogP contribution in [0.2, 0.25) is 0 Å². The minimum atomic E-state index is -1.35. The smallest absolute Gasteiger partial charge is 0.319 e. The molecule has 2 aromatic rings. The number of anilines is 2. The van der Waals surface area contributed by atoms with E-state index in [-0.39, 0.29) is 24.6 Å². The molecule has 216 valence electrons. The minimum absolute atomic E-state index is 0.214. The number of hydrogen-bond acceptors (Lipinski definition) is 5. The average molecular weight is 547 g/mol. The first kappa shape index (κ1) is 33.6. The monoisotopic (exact) mass is 546 g/mol. The van der Waals surface area contributed by atoms with Gasteiger partial charge in [-0.1, -0.05) is 33.3 Å². The molecule has 9 heteroatoms. The maximum Gasteiger partial charge on any atom is 0.319 e. The Balaban J connectivity index is 0.00000177.